The number of carbonyl (C=O) groups is 1. The highest BCUT2D eigenvalue weighted by atomic mass is 32.2. The quantitative estimate of drug-likeness (QED) is 0.798. The van der Waals surface area contributed by atoms with E-state index in [1.807, 2.05) is 13.8 Å². The summed E-state index contributed by atoms with van der Waals surface area (Å²) in [5.74, 6) is -0.00384. The standard InChI is InChI=1S/C13H19N3O3S/c1-8-6-16(7-9(8)2)20(18,19)12-4-3-10(13(15)17)5-11(12)14/h3-5,8-9H,6-7,14H2,1-2H3,(H2,15,17). The van der Waals surface area contributed by atoms with E-state index >= 15 is 0 Å². The summed E-state index contributed by atoms with van der Waals surface area (Å²) < 4.78 is 26.6. The fourth-order valence-corrected chi connectivity index (χ4v) is 4.09. The van der Waals surface area contributed by atoms with E-state index in [9.17, 15) is 13.2 Å². The van der Waals surface area contributed by atoms with Crippen LogP contribution >= 0.6 is 0 Å². The molecule has 0 radical (unpaired) electrons. The van der Waals surface area contributed by atoms with Crippen molar-refractivity contribution in [1.29, 1.82) is 0 Å². The van der Waals surface area contributed by atoms with Gasteiger partial charge < -0.3 is 11.5 Å². The summed E-state index contributed by atoms with van der Waals surface area (Å²) in [4.78, 5) is 11.1. The zero-order valence-corrected chi connectivity index (χ0v) is 12.4. The molecule has 1 amide bonds. The van der Waals surface area contributed by atoms with Crippen molar-refractivity contribution in [2.24, 2.45) is 17.6 Å². The Balaban J connectivity index is 2.38. The number of rotatable bonds is 3. The van der Waals surface area contributed by atoms with Crippen LogP contribution in [-0.4, -0.2) is 31.7 Å². The lowest BCUT2D eigenvalue weighted by molar-refractivity contribution is 0.1000. The topological polar surface area (TPSA) is 106 Å². The maximum absolute atomic E-state index is 12.6. The van der Waals surface area contributed by atoms with Gasteiger partial charge in [0.1, 0.15) is 4.90 Å². The van der Waals surface area contributed by atoms with Gasteiger partial charge in [0.25, 0.3) is 0 Å². The number of benzene rings is 1. The van der Waals surface area contributed by atoms with E-state index in [4.69, 9.17) is 11.5 Å². The first-order valence-electron chi connectivity index (χ1n) is 6.43. The number of anilines is 1. The monoisotopic (exact) mass is 297 g/mol. The second-order valence-electron chi connectivity index (χ2n) is 5.39. The molecule has 1 heterocycles. The Morgan fingerprint density at radius 2 is 1.80 bits per heavy atom. The average molecular weight is 297 g/mol. The van der Waals surface area contributed by atoms with Gasteiger partial charge in [0.2, 0.25) is 15.9 Å². The molecule has 1 aromatic carbocycles. The number of nitrogens with zero attached hydrogens (tertiary/aromatic N) is 1. The molecule has 0 aliphatic carbocycles. The number of sulfonamides is 1. The van der Waals surface area contributed by atoms with Crippen molar-refractivity contribution in [2.75, 3.05) is 18.8 Å². The molecule has 20 heavy (non-hydrogen) atoms. The third kappa shape index (κ3) is 2.51. The van der Waals surface area contributed by atoms with Crippen molar-refractivity contribution in [1.82, 2.24) is 4.31 Å². The Hall–Kier alpha value is -1.60. The van der Waals surface area contributed by atoms with E-state index in [-0.39, 0.29) is 16.1 Å². The molecule has 1 aliphatic heterocycles. The van der Waals surface area contributed by atoms with Crippen LogP contribution < -0.4 is 11.5 Å². The first kappa shape index (κ1) is 14.8. The molecule has 4 N–H and O–H groups in total. The summed E-state index contributed by atoms with van der Waals surface area (Å²) in [6.45, 7) is 5.03. The summed E-state index contributed by atoms with van der Waals surface area (Å²) in [6.07, 6.45) is 0. The molecule has 1 fully saturated rings. The van der Waals surface area contributed by atoms with Gasteiger partial charge in [0.05, 0.1) is 5.69 Å². The predicted octanol–water partition coefficient (Wildman–Crippen LogP) is 0.644. The van der Waals surface area contributed by atoms with Crippen LogP contribution in [0, 0.1) is 11.8 Å². The molecule has 1 aromatic rings. The predicted molar refractivity (Wildman–Crippen MR) is 76.5 cm³/mol. The molecular weight excluding hydrogens is 278 g/mol. The number of nitrogen functional groups attached to an aromatic ring is 1. The van der Waals surface area contributed by atoms with Gasteiger partial charge >= 0.3 is 0 Å². The summed E-state index contributed by atoms with van der Waals surface area (Å²) >= 11 is 0. The van der Waals surface area contributed by atoms with Crippen LogP contribution in [0.1, 0.15) is 24.2 Å². The second-order valence-corrected chi connectivity index (χ2v) is 7.30. The minimum absolute atomic E-state index is 0.0313. The Morgan fingerprint density at radius 1 is 1.25 bits per heavy atom. The third-order valence-electron chi connectivity index (χ3n) is 3.87. The molecule has 6 nitrogen and oxygen atoms in total. The smallest absolute Gasteiger partial charge is 0.248 e. The van der Waals surface area contributed by atoms with Gasteiger partial charge in [-0.15, -0.1) is 0 Å². The van der Waals surface area contributed by atoms with Crippen molar-refractivity contribution in [3.63, 3.8) is 0 Å². The number of hydrogen-bond acceptors (Lipinski definition) is 4. The molecule has 0 saturated carbocycles. The number of hydrogen-bond donors (Lipinski definition) is 2. The van der Waals surface area contributed by atoms with Gasteiger partial charge in [-0.3, -0.25) is 4.79 Å². The number of amides is 1. The molecule has 7 heteroatoms. The lowest BCUT2D eigenvalue weighted by Crippen LogP contribution is -2.29. The van der Waals surface area contributed by atoms with Crippen molar-refractivity contribution in [3.8, 4) is 0 Å². The molecule has 0 aromatic heterocycles. The molecule has 0 spiro atoms. The van der Waals surface area contributed by atoms with E-state index in [0.717, 1.165) is 0 Å². The van der Waals surface area contributed by atoms with Gasteiger partial charge in [-0.05, 0) is 30.0 Å². The summed E-state index contributed by atoms with van der Waals surface area (Å²) in [7, 11) is -3.62. The lowest BCUT2D eigenvalue weighted by Gasteiger charge is -2.17. The first-order valence-corrected chi connectivity index (χ1v) is 7.87. The van der Waals surface area contributed by atoms with Crippen LogP contribution in [0.5, 0.6) is 0 Å². The van der Waals surface area contributed by atoms with Gasteiger partial charge in [0, 0.05) is 18.7 Å². The number of nitrogens with two attached hydrogens (primary N) is 2. The van der Waals surface area contributed by atoms with Crippen molar-refractivity contribution >= 4 is 21.6 Å². The molecule has 1 aliphatic rings. The average Bonchev–Trinajstić information content (AvgIpc) is 2.69. The Bertz CT molecular complexity index is 632. The Labute approximate surface area is 118 Å². The fourth-order valence-electron chi connectivity index (χ4n) is 2.35. The molecule has 2 atom stereocenters. The molecule has 2 unspecified atom stereocenters. The maximum atomic E-state index is 12.6. The minimum atomic E-state index is -3.62. The van der Waals surface area contributed by atoms with Crippen molar-refractivity contribution in [2.45, 2.75) is 18.7 Å². The highest BCUT2D eigenvalue weighted by Crippen LogP contribution is 2.30. The zero-order valence-electron chi connectivity index (χ0n) is 11.5. The molecule has 2 rings (SSSR count). The Kier molecular flexibility index (Phi) is 3.75. The number of primary amides is 1. The normalized spacial score (nSPS) is 23.9. The van der Waals surface area contributed by atoms with E-state index in [1.54, 1.807) is 0 Å². The van der Waals surface area contributed by atoms with Gasteiger partial charge in [0.15, 0.2) is 0 Å². The molecular formula is C13H19N3O3S. The van der Waals surface area contributed by atoms with Crippen LogP contribution in [0.25, 0.3) is 0 Å². The third-order valence-corrected chi connectivity index (χ3v) is 5.77. The summed E-state index contributed by atoms with van der Waals surface area (Å²) in [5, 5.41) is 0. The largest absolute Gasteiger partial charge is 0.398 e. The highest BCUT2D eigenvalue weighted by Gasteiger charge is 2.35. The summed E-state index contributed by atoms with van der Waals surface area (Å²) in [6, 6.07) is 4.03. The summed E-state index contributed by atoms with van der Waals surface area (Å²) in [5.41, 5.74) is 11.2. The van der Waals surface area contributed by atoms with Crippen molar-refractivity contribution < 1.29 is 13.2 Å². The van der Waals surface area contributed by atoms with E-state index < -0.39 is 15.9 Å². The molecule has 1 saturated heterocycles. The van der Waals surface area contributed by atoms with Crippen LogP contribution in [0.2, 0.25) is 0 Å². The van der Waals surface area contributed by atoms with Crippen LogP contribution in [0.15, 0.2) is 23.1 Å². The SMILES string of the molecule is CC1CN(S(=O)(=O)c2ccc(C(N)=O)cc2N)CC1C. The lowest BCUT2D eigenvalue weighted by atomic mass is 10.0. The van der Waals surface area contributed by atoms with Gasteiger partial charge in [-0.25, -0.2) is 8.42 Å². The Morgan fingerprint density at radius 3 is 2.25 bits per heavy atom. The van der Waals surface area contributed by atoms with Crippen LogP contribution in [0.3, 0.4) is 0 Å². The second kappa shape index (κ2) is 5.06. The van der Waals surface area contributed by atoms with Crippen LogP contribution in [0.4, 0.5) is 5.69 Å². The zero-order chi connectivity index (χ0) is 15.1. The highest BCUT2D eigenvalue weighted by molar-refractivity contribution is 7.89. The van der Waals surface area contributed by atoms with Gasteiger partial charge in [-0.2, -0.15) is 4.31 Å². The molecule has 110 valence electrons. The van der Waals surface area contributed by atoms with E-state index in [1.165, 1.54) is 22.5 Å². The maximum Gasteiger partial charge on any atom is 0.248 e. The molecule has 0 bridgehead atoms. The van der Waals surface area contributed by atoms with E-state index in [0.29, 0.717) is 24.9 Å². The van der Waals surface area contributed by atoms with Gasteiger partial charge in [-0.1, -0.05) is 13.8 Å². The van der Waals surface area contributed by atoms with E-state index in [2.05, 4.69) is 0 Å². The number of carbonyl (C=O) groups excluding carboxylic acids is 1. The minimum Gasteiger partial charge on any atom is -0.398 e. The van der Waals surface area contributed by atoms with Crippen LogP contribution in [-0.2, 0) is 10.0 Å². The fraction of sp³-hybridized carbons (Fsp3) is 0.462. The van der Waals surface area contributed by atoms with Crippen molar-refractivity contribution in [3.05, 3.63) is 23.8 Å². The first-order chi connectivity index (χ1) is 9.23.